The van der Waals surface area contributed by atoms with E-state index in [-0.39, 0.29) is 0 Å². The largest absolute Gasteiger partial charge is 0.250 e. The van der Waals surface area contributed by atoms with Crippen LogP contribution >= 0.6 is 0 Å². The van der Waals surface area contributed by atoms with Crippen LogP contribution in [0.4, 0.5) is 0 Å². The molecule has 0 aliphatic carbocycles. The molecular formula is C10H9NOS. The highest BCUT2D eigenvalue weighted by Gasteiger charge is 1.97. The smallest absolute Gasteiger partial charge is 0.0918 e. The number of benzene rings is 1. The third kappa shape index (κ3) is 2.85. The summed E-state index contributed by atoms with van der Waals surface area (Å²) in [5.41, 5.74) is 1.13. The molecule has 0 N–H and O–H groups in total. The molecule has 0 spiro atoms. The fourth-order valence-electron chi connectivity index (χ4n) is 0.843. The van der Waals surface area contributed by atoms with Crippen molar-refractivity contribution in [2.24, 2.45) is 0 Å². The predicted octanol–water partition coefficient (Wildman–Crippen LogP) is 2.14. The Labute approximate surface area is 80.0 Å². The van der Waals surface area contributed by atoms with Gasteiger partial charge in [-0.1, -0.05) is 17.7 Å². The van der Waals surface area contributed by atoms with Crippen molar-refractivity contribution >= 4 is 10.8 Å². The highest BCUT2D eigenvalue weighted by Crippen LogP contribution is 2.08. The Morgan fingerprint density at radius 2 is 2.00 bits per heavy atom. The maximum absolute atomic E-state index is 11.4. The summed E-state index contributed by atoms with van der Waals surface area (Å²) in [6, 6.07) is 9.20. The molecule has 1 rings (SSSR count). The van der Waals surface area contributed by atoms with E-state index in [0.717, 1.165) is 10.5 Å². The number of aryl methyl sites for hydroxylation is 1. The van der Waals surface area contributed by atoms with Crippen molar-refractivity contribution in [2.45, 2.75) is 11.8 Å². The Morgan fingerprint density at radius 3 is 2.54 bits per heavy atom. The molecule has 1 aromatic rings. The summed E-state index contributed by atoms with van der Waals surface area (Å²) in [7, 11) is -1.19. The highest BCUT2D eigenvalue weighted by atomic mass is 32.2. The zero-order valence-corrected chi connectivity index (χ0v) is 8.04. The van der Waals surface area contributed by atoms with Crippen LogP contribution in [-0.4, -0.2) is 4.21 Å². The standard InChI is InChI=1S/C10H9NOS/c1-9-3-5-10(6-4-9)13(12)8-2-7-11/h2-6,8H,1H3/b8-2-. The second-order valence-electron chi connectivity index (χ2n) is 2.54. The molecule has 0 bridgehead atoms. The molecule has 2 nitrogen and oxygen atoms in total. The topological polar surface area (TPSA) is 40.9 Å². The summed E-state index contributed by atoms with van der Waals surface area (Å²) in [5, 5.41) is 9.61. The van der Waals surface area contributed by atoms with Gasteiger partial charge in [0.15, 0.2) is 0 Å². The number of nitriles is 1. The van der Waals surface area contributed by atoms with Crippen LogP contribution in [0, 0.1) is 18.3 Å². The van der Waals surface area contributed by atoms with Crippen molar-refractivity contribution in [3.63, 3.8) is 0 Å². The lowest BCUT2D eigenvalue weighted by Gasteiger charge is -1.96. The quantitative estimate of drug-likeness (QED) is 0.672. The fourth-order valence-corrected chi connectivity index (χ4v) is 1.59. The van der Waals surface area contributed by atoms with E-state index in [2.05, 4.69) is 0 Å². The van der Waals surface area contributed by atoms with Gasteiger partial charge in [0, 0.05) is 16.4 Å². The van der Waals surface area contributed by atoms with Gasteiger partial charge in [0.2, 0.25) is 0 Å². The van der Waals surface area contributed by atoms with Gasteiger partial charge in [0.1, 0.15) is 0 Å². The number of allylic oxidation sites excluding steroid dienone is 1. The number of nitrogens with zero attached hydrogens (tertiary/aromatic N) is 1. The van der Waals surface area contributed by atoms with Gasteiger partial charge in [0.05, 0.1) is 16.9 Å². The highest BCUT2D eigenvalue weighted by molar-refractivity contribution is 7.88. The zero-order valence-electron chi connectivity index (χ0n) is 7.23. The minimum Gasteiger partial charge on any atom is -0.250 e. The summed E-state index contributed by atoms with van der Waals surface area (Å²) in [6.07, 6.45) is 1.23. The van der Waals surface area contributed by atoms with Gasteiger partial charge in [-0.05, 0) is 19.1 Å². The molecule has 0 saturated carbocycles. The van der Waals surface area contributed by atoms with Crippen molar-refractivity contribution < 1.29 is 4.21 Å². The van der Waals surface area contributed by atoms with Crippen molar-refractivity contribution in [1.82, 2.24) is 0 Å². The summed E-state index contributed by atoms with van der Waals surface area (Å²) >= 11 is 0. The van der Waals surface area contributed by atoms with E-state index in [4.69, 9.17) is 5.26 Å². The Bertz CT molecular complexity index is 373. The minimum atomic E-state index is -1.19. The van der Waals surface area contributed by atoms with Crippen molar-refractivity contribution in [3.05, 3.63) is 41.3 Å². The van der Waals surface area contributed by atoms with E-state index < -0.39 is 10.8 Å². The normalized spacial score (nSPS) is 12.6. The Morgan fingerprint density at radius 1 is 1.38 bits per heavy atom. The van der Waals surface area contributed by atoms with Crippen LogP contribution in [0.2, 0.25) is 0 Å². The molecule has 0 fully saturated rings. The van der Waals surface area contributed by atoms with Crippen molar-refractivity contribution in [1.29, 1.82) is 5.26 Å². The van der Waals surface area contributed by atoms with E-state index in [1.807, 2.05) is 19.1 Å². The molecule has 0 amide bonds. The van der Waals surface area contributed by atoms with Gasteiger partial charge in [-0.25, -0.2) is 4.21 Å². The molecule has 0 radical (unpaired) electrons. The van der Waals surface area contributed by atoms with Gasteiger partial charge in [-0.2, -0.15) is 5.26 Å². The van der Waals surface area contributed by atoms with Crippen molar-refractivity contribution in [2.75, 3.05) is 0 Å². The maximum atomic E-state index is 11.4. The predicted molar refractivity (Wildman–Crippen MR) is 52.3 cm³/mol. The van der Waals surface area contributed by atoms with E-state index in [9.17, 15) is 4.21 Å². The van der Waals surface area contributed by atoms with Crippen LogP contribution in [0.25, 0.3) is 0 Å². The molecule has 66 valence electrons. The maximum Gasteiger partial charge on any atom is 0.0918 e. The molecule has 1 aromatic carbocycles. The molecule has 1 atom stereocenters. The van der Waals surface area contributed by atoms with Gasteiger partial charge >= 0.3 is 0 Å². The van der Waals surface area contributed by atoms with Crippen LogP contribution in [-0.2, 0) is 10.8 Å². The Balaban J connectivity index is 2.85. The van der Waals surface area contributed by atoms with Crippen LogP contribution in [0.15, 0.2) is 40.6 Å². The first-order valence-electron chi connectivity index (χ1n) is 3.77. The average Bonchev–Trinajstić information content (AvgIpc) is 2.15. The number of hydrogen-bond donors (Lipinski definition) is 0. The molecule has 3 heteroatoms. The lowest BCUT2D eigenvalue weighted by atomic mass is 10.2. The third-order valence-electron chi connectivity index (χ3n) is 1.52. The second kappa shape index (κ2) is 4.58. The molecule has 1 unspecified atom stereocenters. The van der Waals surface area contributed by atoms with Crippen LogP contribution < -0.4 is 0 Å². The summed E-state index contributed by atoms with van der Waals surface area (Å²) in [6.45, 7) is 1.97. The van der Waals surface area contributed by atoms with E-state index >= 15 is 0 Å². The molecule has 0 aliphatic heterocycles. The average molecular weight is 191 g/mol. The van der Waals surface area contributed by atoms with Gasteiger partial charge in [-0.3, -0.25) is 0 Å². The Hall–Kier alpha value is -1.40. The minimum absolute atomic E-state index is 0.720. The monoisotopic (exact) mass is 191 g/mol. The first-order chi connectivity index (χ1) is 6.24. The van der Waals surface area contributed by atoms with Gasteiger partial charge < -0.3 is 0 Å². The SMILES string of the molecule is Cc1ccc(S(=O)/C=C\C#N)cc1. The fraction of sp³-hybridized carbons (Fsp3) is 0.100. The molecule has 0 aliphatic rings. The first-order valence-corrected chi connectivity index (χ1v) is 4.99. The first kappa shape index (κ1) is 9.69. The Kier molecular flexibility index (Phi) is 3.41. The molecule has 13 heavy (non-hydrogen) atoms. The summed E-state index contributed by atoms with van der Waals surface area (Å²) in [4.78, 5) is 0.720. The van der Waals surface area contributed by atoms with Gasteiger partial charge in [-0.15, -0.1) is 0 Å². The number of rotatable bonds is 2. The second-order valence-corrected chi connectivity index (χ2v) is 3.88. The van der Waals surface area contributed by atoms with Crippen LogP contribution in [0.5, 0.6) is 0 Å². The molecule has 0 saturated heterocycles. The molecule has 0 aromatic heterocycles. The van der Waals surface area contributed by atoms with Crippen LogP contribution in [0.3, 0.4) is 0 Å². The van der Waals surface area contributed by atoms with Gasteiger partial charge in [0.25, 0.3) is 0 Å². The summed E-state index contributed by atoms with van der Waals surface area (Å²) < 4.78 is 11.4. The zero-order chi connectivity index (χ0) is 9.68. The molecule has 0 heterocycles. The van der Waals surface area contributed by atoms with E-state index in [0.29, 0.717) is 0 Å². The van der Waals surface area contributed by atoms with E-state index in [1.54, 1.807) is 18.2 Å². The van der Waals surface area contributed by atoms with Crippen molar-refractivity contribution in [3.8, 4) is 6.07 Å². The lowest BCUT2D eigenvalue weighted by Crippen LogP contribution is -1.85. The van der Waals surface area contributed by atoms with Crippen LogP contribution in [0.1, 0.15) is 5.56 Å². The van der Waals surface area contributed by atoms with E-state index in [1.165, 1.54) is 11.5 Å². The molecular weight excluding hydrogens is 182 g/mol. The lowest BCUT2D eigenvalue weighted by molar-refractivity contribution is 0.688. The number of hydrogen-bond acceptors (Lipinski definition) is 2. The third-order valence-corrected chi connectivity index (χ3v) is 2.64. The summed E-state index contributed by atoms with van der Waals surface area (Å²) in [5.74, 6) is 0.